The number of carbonyl (C=O) groups is 2. The van der Waals surface area contributed by atoms with Crippen molar-refractivity contribution in [1.82, 2.24) is 0 Å². The average molecular weight is 348 g/mol. The Bertz CT molecular complexity index is 643. The van der Waals surface area contributed by atoms with Crippen LogP contribution in [-0.2, 0) is 22.4 Å². The molecule has 2 rings (SSSR count). The zero-order valence-corrected chi connectivity index (χ0v) is 15.0. The van der Waals surface area contributed by atoms with Gasteiger partial charge < -0.3 is 15.3 Å². The summed E-state index contributed by atoms with van der Waals surface area (Å²) in [4.78, 5) is 22.4. The summed E-state index contributed by atoms with van der Waals surface area (Å²) in [5.74, 6) is -1.27. The minimum absolute atomic E-state index is 0.241. The molecule has 138 valence electrons. The number of aryl methyl sites for hydroxylation is 1. The Morgan fingerprint density at radius 2 is 1.80 bits per heavy atom. The molecule has 0 heterocycles. The highest BCUT2D eigenvalue weighted by atomic mass is 16.4. The van der Waals surface area contributed by atoms with Crippen LogP contribution in [-0.4, -0.2) is 27.3 Å². The van der Waals surface area contributed by atoms with E-state index in [-0.39, 0.29) is 5.75 Å². The van der Waals surface area contributed by atoms with Crippen LogP contribution in [0.3, 0.4) is 0 Å². The quantitative estimate of drug-likeness (QED) is 0.594. The molecular formula is C20H28O5. The summed E-state index contributed by atoms with van der Waals surface area (Å²) in [6, 6.07) is 5.43. The van der Waals surface area contributed by atoms with Crippen LogP contribution in [0.2, 0.25) is 0 Å². The first-order valence-corrected chi connectivity index (χ1v) is 8.94. The third kappa shape index (κ3) is 4.74. The van der Waals surface area contributed by atoms with Gasteiger partial charge in [-0.25, -0.2) is 0 Å². The number of aromatic hydroxyl groups is 1. The average Bonchev–Trinajstić information content (AvgIpc) is 3.31. The second kappa shape index (κ2) is 7.46. The fourth-order valence-electron chi connectivity index (χ4n) is 3.30. The van der Waals surface area contributed by atoms with Gasteiger partial charge in [0.2, 0.25) is 0 Å². The van der Waals surface area contributed by atoms with E-state index in [0.717, 1.165) is 36.8 Å². The standard InChI is InChI=1S/C20H28O5/c1-19(2,17(22)23)10-5-8-15-14(6-3-9-16(15)21)7-4-11-20(12-13-20)18(24)25/h3,6,9,21H,4-5,7-8,10-13H2,1-2H3,(H,22,23)(H,24,25). The van der Waals surface area contributed by atoms with E-state index in [1.54, 1.807) is 26.0 Å². The van der Waals surface area contributed by atoms with E-state index in [1.807, 2.05) is 6.07 Å². The molecule has 1 saturated carbocycles. The highest BCUT2D eigenvalue weighted by molar-refractivity contribution is 5.77. The molecule has 0 aromatic heterocycles. The smallest absolute Gasteiger partial charge is 0.309 e. The minimum atomic E-state index is -0.812. The third-order valence-corrected chi connectivity index (χ3v) is 5.46. The van der Waals surface area contributed by atoms with Crippen LogP contribution in [0.1, 0.15) is 63.5 Å². The van der Waals surface area contributed by atoms with Gasteiger partial charge in [-0.3, -0.25) is 9.59 Å². The van der Waals surface area contributed by atoms with Gasteiger partial charge in [0, 0.05) is 0 Å². The third-order valence-electron chi connectivity index (χ3n) is 5.46. The first kappa shape index (κ1) is 19.3. The van der Waals surface area contributed by atoms with Crippen molar-refractivity contribution in [1.29, 1.82) is 0 Å². The van der Waals surface area contributed by atoms with Gasteiger partial charge in [-0.1, -0.05) is 12.1 Å². The zero-order valence-electron chi connectivity index (χ0n) is 15.0. The van der Waals surface area contributed by atoms with Crippen LogP contribution in [0, 0.1) is 10.8 Å². The number of hydrogen-bond donors (Lipinski definition) is 3. The molecule has 5 nitrogen and oxygen atoms in total. The summed E-state index contributed by atoms with van der Waals surface area (Å²) < 4.78 is 0. The van der Waals surface area contributed by atoms with Gasteiger partial charge in [0.25, 0.3) is 0 Å². The SMILES string of the molecule is CC(C)(CCCc1c(O)cccc1CCCC1(C(=O)O)CC1)C(=O)O. The number of aliphatic carboxylic acids is 2. The summed E-state index contributed by atoms with van der Waals surface area (Å²) in [7, 11) is 0. The van der Waals surface area contributed by atoms with E-state index < -0.39 is 22.8 Å². The van der Waals surface area contributed by atoms with Gasteiger partial charge in [-0.2, -0.15) is 0 Å². The van der Waals surface area contributed by atoms with Gasteiger partial charge in [-0.05, 0) is 82.4 Å². The Balaban J connectivity index is 1.94. The van der Waals surface area contributed by atoms with E-state index >= 15 is 0 Å². The lowest BCUT2D eigenvalue weighted by Gasteiger charge is -2.19. The molecule has 0 atom stereocenters. The predicted molar refractivity (Wildman–Crippen MR) is 94.7 cm³/mol. The largest absolute Gasteiger partial charge is 0.508 e. The Labute approximate surface area is 148 Å². The molecule has 1 aromatic rings. The summed E-state index contributed by atoms with van der Waals surface area (Å²) in [6.45, 7) is 3.42. The van der Waals surface area contributed by atoms with Crippen molar-refractivity contribution in [2.75, 3.05) is 0 Å². The first-order chi connectivity index (χ1) is 11.7. The topological polar surface area (TPSA) is 94.8 Å². The van der Waals surface area contributed by atoms with Crippen molar-refractivity contribution < 1.29 is 24.9 Å². The maximum Gasteiger partial charge on any atom is 0.309 e. The maximum atomic E-state index is 11.2. The Morgan fingerprint density at radius 1 is 1.12 bits per heavy atom. The van der Waals surface area contributed by atoms with E-state index in [2.05, 4.69) is 0 Å². The molecule has 1 fully saturated rings. The van der Waals surface area contributed by atoms with Crippen molar-refractivity contribution in [3.63, 3.8) is 0 Å². The van der Waals surface area contributed by atoms with Crippen molar-refractivity contribution in [3.8, 4) is 5.75 Å². The Morgan fingerprint density at radius 3 is 2.36 bits per heavy atom. The van der Waals surface area contributed by atoms with Gasteiger partial charge in [0.05, 0.1) is 10.8 Å². The summed E-state index contributed by atoms with van der Waals surface area (Å²) in [5.41, 5.74) is 0.616. The minimum Gasteiger partial charge on any atom is -0.508 e. The lowest BCUT2D eigenvalue weighted by atomic mass is 9.85. The summed E-state index contributed by atoms with van der Waals surface area (Å²) >= 11 is 0. The molecule has 0 saturated heterocycles. The number of phenolic OH excluding ortho intramolecular Hbond substituents is 1. The summed E-state index contributed by atoms with van der Waals surface area (Å²) in [6.07, 6.45) is 5.57. The fraction of sp³-hybridized carbons (Fsp3) is 0.600. The molecule has 1 aliphatic rings. The number of hydrogen-bond acceptors (Lipinski definition) is 3. The Kier molecular flexibility index (Phi) is 5.76. The molecule has 1 aromatic carbocycles. The van der Waals surface area contributed by atoms with Crippen molar-refractivity contribution in [2.24, 2.45) is 10.8 Å². The van der Waals surface area contributed by atoms with E-state index in [1.165, 1.54) is 0 Å². The van der Waals surface area contributed by atoms with Gasteiger partial charge in [0.15, 0.2) is 0 Å². The molecular weight excluding hydrogens is 320 g/mol. The van der Waals surface area contributed by atoms with Crippen LogP contribution in [0.5, 0.6) is 5.75 Å². The van der Waals surface area contributed by atoms with Gasteiger partial charge in [-0.15, -0.1) is 0 Å². The van der Waals surface area contributed by atoms with Crippen LogP contribution >= 0.6 is 0 Å². The van der Waals surface area contributed by atoms with Crippen molar-refractivity contribution >= 4 is 11.9 Å². The predicted octanol–water partition coefficient (Wildman–Crippen LogP) is 4.01. The van der Waals surface area contributed by atoms with Crippen LogP contribution in [0.15, 0.2) is 18.2 Å². The van der Waals surface area contributed by atoms with E-state index in [4.69, 9.17) is 0 Å². The lowest BCUT2D eigenvalue weighted by Crippen LogP contribution is -2.23. The number of rotatable bonds is 10. The molecule has 0 spiro atoms. The van der Waals surface area contributed by atoms with Crippen molar-refractivity contribution in [2.45, 2.75) is 65.2 Å². The highest BCUT2D eigenvalue weighted by Crippen LogP contribution is 2.50. The fourth-order valence-corrected chi connectivity index (χ4v) is 3.30. The molecule has 0 aliphatic heterocycles. The number of phenols is 1. The van der Waals surface area contributed by atoms with Crippen molar-refractivity contribution in [3.05, 3.63) is 29.3 Å². The second-order valence-corrected chi connectivity index (χ2v) is 7.90. The first-order valence-electron chi connectivity index (χ1n) is 8.94. The van der Waals surface area contributed by atoms with E-state index in [0.29, 0.717) is 25.7 Å². The molecule has 0 amide bonds. The molecule has 25 heavy (non-hydrogen) atoms. The number of benzene rings is 1. The number of carboxylic acid groups (broad SMARTS) is 2. The maximum absolute atomic E-state index is 11.2. The van der Waals surface area contributed by atoms with Gasteiger partial charge >= 0.3 is 11.9 Å². The molecule has 0 bridgehead atoms. The van der Waals surface area contributed by atoms with Gasteiger partial charge in [0.1, 0.15) is 5.75 Å². The molecule has 1 aliphatic carbocycles. The monoisotopic (exact) mass is 348 g/mol. The second-order valence-electron chi connectivity index (χ2n) is 7.90. The Hall–Kier alpha value is -2.04. The zero-order chi connectivity index (χ0) is 18.7. The number of carboxylic acids is 2. The molecule has 0 unspecified atom stereocenters. The van der Waals surface area contributed by atoms with Crippen LogP contribution < -0.4 is 0 Å². The molecule has 5 heteroatoms. The van der Waals surface area contributed by atoms with Crippen LogP contribution in [0.25, 0.3) is 0 Å². The van der Waals surface area contributed by atoms with Crippen LogP contribution in [0.4, 0.5) is 0 Å². The molecule has 3 N–H and O–H groups in total. The van der Waals surface area contributed by atoms with E-state index in [9.17, 15) is 24.9 Å². The normalized spacial score (nSPS) is 15.8. The summed E-state index contributed by atoms with van der Waals surface area (Å²) in [5, 5.41) is 28.6. The molecule has 0 radical (unpaired) electrons. The highest BCUT2D eigenvalue weighted by Gasteiger charge is 2.49. The lowest BCUT2D eigenvalue weighted by molar-refractivity contribution is -0.147.